The Bertz CT molecular complexity index is 483. The minimum absolute atomic E-state index is 0.0975. The molecule has 2 fully saturated rings. The third-order valence-electron chi connectivity index (χ3n) is 5.07. The van der Waals surface area contributed by atoms with Crippen LogP contribution in [0.1, 0.15) is 44.6 Å². The molecule has 1 heterocycles. The first-order valence-electron chi connectivity index (χ1n) is 7.76. The molecular formula is C17H24N2O. The Morgan fingerprint density at radius 2 is 1.90 bits per heavy atom. The number of likely N-dealkylation sites (tertiary alicyclic amines) is 1. The van der Waals surface area contributed by atoms with Crippen LogP contribution in [0.25, 0.3) is 0 Å². The van der Waals surface area contributed by atoms with Gasteiger partial charge in [0.1, 0.15) is 5.54 Å². The predicted octanol–water partition coefficient (Wildman–Crippen LogP) is 2.65. The number of nitrogens with zero attached hydrogens (tertiary/aromatic N) is 1. The van der Waals surface area contributed by atoms with Gasteiger partial charge in [-0.15, -0.1) is 0 Å². The molecule has 2 aliphatic rings. The molecular weight excluding hydrogens is 248 g/mol. The second-order valence-corrected chi connectivity index (χ2v) is 6.47. The van der Waals surface area contributed by atoms with E-state index in [1.165, 1.54) is 19.3 Å². The van der Waals surface area contributed by atoms with Gasteiger partial charge in [-0.3, -0.25) is 4.79 Å². The molecule has 1 aliphatic carbocycles. The van der Waals surface area contributed by atoms with Crippen LogP contribution in [0.4, 0.5) is 0 Å². The first kappa shape index (κ1) is 13.6. The van der Waals surface area contributed by atoms with E-state index in [0.717, 1.165) is 24.9 Å². The molecule has 3 rings (SSSR count). The van der Waals surface area contributed by atoms with Crippen molar-refractivity contribution in [1.29, 1.82) is 0 Å². The topological polar surface area (TPSA) is 46.3 Å². The lowest BCUT2D eigenvalue weighted by Gasteiger charge is -2.41. The van der Waals surface area contributed by atoms with Gasteiger partial charge in [0, 0.05) is 12.6 Å². The number of rotatable bonds is 2. The zero-order chi connectivity index (χ0) is 14.2. The first-order valence-corrected chi connectivity index (χ1v) is 7.76. The van der Waals surface area contributed by atoms with Gasteiger partial charge >= 0.3 is 0 Å². The lowest BCUT2D eigenvalue weighted by molar-refractivity contribution is -0.141. The maximum atomic E-state index is 13.0. The Balaban J connectivity index is 1.84. The highest BCUT2D eigenvalue weighted by atomic mass is 16.2. The van der Waals surface area contributed by atoms with Crippen molar-refractivity contribution in [3.63, 3.8) is 0 Å². The SMILES string of the molecule is CC(N)(C(=O)N1CCCC2CCCC21)c1ccccc1. The van der Waals surface area contributed by atoms with Crippen LogP contribution in [0.3, 0.4) is 0 Å². The molecule has 0 aromatic heterocycles. The summed E-state index contributed by atoms with van der Waals surface area (Å²) in [4.78, 5) is 15.0. The van der Waals surface area contributed by atoms with Crippen LogP contribution in [0, 0.1) is 5.92 Å². The molecule has 1 saturated carbocycles. The van der Waals surface area contributed by atoms with Gasteiger partial charge in [0.05, 0.1) is 0 Å². The summed E-state index contributed by atoms with van der Waals surface area (Å²) in [6, 6.07) is 10.2. The van der Waals surface area contributed by atoms with E-state index in [-0.39, 0.29) is 5.91 Å². The molecule has 1 aromatic rings. The standard InChI is InChI=1S/C17H24N2O/c1-17(18,14-9-3-2-4-10-14)16(20)19-12-6-8-13-7-5-11-15(13)19/h2-4,9-10,13,15H,5-8,11-12,18H2,1H3. The molecule has 20 heavy (non-hydrogen) atoms. The average Bonchev–Trinajstić information content (AvgIpc) is 2.95. The molecule has 1 saturated heterocycles. The van der Waals surface area contributed by atoms with Crippen molar-refractivity contribution in [3.05, 3.63) is 35.9 Å². The molecule has 0 spiro atoms. The smallest absolute Gasteiger partial charge is 0.247 e. The van der Waals surface area contributed by atoms with Crippen molar-refractivity contribution < 1.29 is 4.79 Å². The molecule has 1 amide bonds. The molecule has 3 heteroatoms. The zero-order valence-electron chi connectivity index (χ0n) is 12.2. The summed E-state index contributed by atoms with van der Waals surface area (Å²) in [7, 11) is 0. The van der Waals surface area contributed by atoms with Crippen molar-refractivity contribution in [2.45, 2.75) is 50.6 Å². The maximum absolute atomic E-state index is 13.0. The fourth-order valence-corrected chi connectivity index (χ4v) is 3.91. The third-order valence-corrected chi connectivity index (χ3v) is 5.07. The van der Waals surface area contributed by atoms with Gasteiger partial charge in [-0.05, 0) is 44.1 Å². The number of carbonyl (C=O) groups is 1. The maximum Gasteiger partial charge on any atom is 0.247 e. The molecule has 0 radical (unpaired) electrons. The van der Waals surface area contributed by atoms with Crippen LogP contribution in [0.15, 0.2) is 30.3 Å². The summed E-state index contributed by atoms with van der Waals surface area (Å²) in [5.41, 5.74) is 6.40. The average molecular weight is 272 g/mol. The van der Waals surface area contributed by atoms with E-state index in [2.05, 4.69) is 4.90 Å². The number of benzene rings is 1. The van der Waals surface area contributed by atoms with Crippen molar-refractivity contribution in [2.24, 2.45) is 11.7 Å². The number of hydrogen-bond donors (Lipinski definition) is 1. The minimum Gasteiger partial charge on any atom is -0.338 e. The summed E-state index contributed by atoms with van der Waals surface area (Å²) >= 11 is 0. The Morgan fingerprint density at radius 3 is 2.65 bits per heavy atom. The molecule has 0 bridgehead atoms. The zero-order valence-corrected chi connectivity index (χ0v) is 12.2. The minimum atomic E-state index is -0.911. The van der Waals surface area contributed by atoms with E-state index in [4.69, 9.17) is 5.73 Å². The Hall–Kier alpha value is -1.35. The number of hydrogen-bond acceptors (Lipinski definition) is 2. The van der Waals surface area contributed by atoms with E-state index in [1.54, 1.807) is 0 Å². The Kier molecular flexibility index (Phi) is 3.55. The van der Waals surface area contributed by atoms with E-state index < -0.39 is 5.54 Å². The molecule has 2 N–H and O–H groups in total. The van der Waals surface area contributed by atoms with Gasteiger partial charge in [0.2, 0.25) is 5.91 Å². The highest BCUT2D eigenvalue weighted by Gasteiger charge is 2.42. The van der Waals surface area contributed by atoms with Gasteiger partial charge in [-0.1, -0.05) is 36.8 Å². The number of fused-ring (bicyclic) bond motifs is 1. The van der Waals surface area contributed by atoms with Gasteiger partial charge in [0.25, 0.3) is 0 Å². The summed E-state index contributed by atoms with van der Waals surface area (Å²) in [6.07, 6.45) is 6.09. The highest BCUT2D eigenvalue weighted by molar-refractivity contribution is 5.87. The quantitative estimate of drug-likeness (QED) is 0.899. The fraction of sp³-hybridized carbons (Fsp3) is 0.588. The lowest BCUT2D eigenvalue weighted by atomic mass is 9.87. The summed E-state index contributed by atoms with van der Waals surface area (Å²) in [5, 5.41) is 0. The van der Waals surface area contributed by atoms with Gasteiger partial charge in [-0.2, -0.15) is 0 Å². The largest absolute Gasteiger partial charge is 0.338 e. The van der Waals surface area contributed by atoms with Gasteiger partial charge in [-0.25, -0.2) is 0 Å². The normalized spacial score (nSPS) is 28.8. The Labute approximate surface area is 121 Å². The predicted molar refractivity (Wildman–Crippen MR) is 80.1 cm³/mol. The summed E-state index contributed by atoms with van der Waals surface area (Å²) < 4.78 is 0. The first-order chi connectivity index (χ1) is 9.60. The molecule has 1 aliphatic heterocycles. The van der Waals surface area contributed by atoms with Crippen LogP contribution >= 0.6 is 0 Å². The summed E-state index contributed by atoms with van der Waals surface area (Å²) in [5.74, 6) is 0.805. The third kappa shape index (κ3) is 2.24. The number of amides is 1. The van der Waals surface area contributed by atoms with E-state index in [1.807, 2.05) is 37.3 Å². The molecule has 1 aromatic carbocycles. The van der Waals surface area contributed by atoms with E-state index in [9.17, 15) is 4.79 Å². The van der Waals surface area contributed by atoms with Crippen LogP contribution in [0.2, 0.25) is 0 Å². The Morgan fingerprint density at radius 1 is 1.20 bits per heavy atom. The van der Waals surface area contributed by atoms with Gasteiger partial charge in [0.15, 0.2) is 0 Å². The van der Waals surface area contributed by atoms with E-state index >= 15 is 0 Å². The second-order valence-electron chi connectivity index (χ2n) is 6.47. The molecule has 108 valence electrons. The van der Waals surface area contributed by atoms with Gasteiger partial charge < -0.3 is 10.6 Å². The highest BCUT2D eigenvalue weighted by Crippen LogP contribution is 2.38. The molecule has 3 nitrogen and oxygen atoms in total. The second kappa shape index (κ2) is 5.21. The fourth-order valence-electron chi connectivity index (χ4n) is 3.91. The van der Waals surface area contributed by atoms with Crippen molar-refractivity contribution >= 4 is 5.91 Å². The van der Waals surface area contributed by atoms with Crippen molar-refractivity contribution in [2.75, 3.05) is 6.54 Å². The number of carbonyl (C=O) groups excluding carboxylic acids is 1. The number of nitrogens with two attached hydrogens (primary N) is 1. The van der Waals surface area contributed by atoms with E-state index in [0.29, 0.717) is 12.0 Å². The van der Waals surface area contributed by atoms with Crippen LogP contribution in [0.5, 0.6) is 0 Å². The summed E-state index contributed by atoms with van der Waals surface area (Å²) in [6.45, 7) is 2.73. The molecule has 3 unspecified atom stereocenters. The van der Waals surface area contributed by atoms with Crippen molar-refractivity contribution in [3.8, 4) is 0 Å². The van der Waals surface area contributed by atoms with Crippen molar-refractivity contribution in [1.82, 2.24) is 4.90 Å². The molecule has 3 atom stereocenters. The van der Waals surface area contributed by atoms with Crippen LogP contribution < -0.4 is 5.73 Å². The van der Waals surface area contributed by atoms with Crippen LogP contribution in [-0.4, -0.2) is 23.4 Å². The number of piperidine rings is 1. The monoisotopic (exact) mass is 272 g/mol. The lowest BCUT2D eigenvalue weighted by Crippen LogP contribution is -2.56. The van der Waals surface area contributed by atoms with Crippen LogP contribution in [-0.2, 0) is 10.3 Å².